The third-order valence-electron chi connectivity index (χ3n) is 9.85. The largest absolute Gasteiger partial charge is 0.508 e. The van der Waals surface area contributed by atoms with Gasteiger partial charge in [0.1, 0.15) is 18.1 Å². The Morgan fingerprint density at radius 1 is 1.03 bits per heavy atom. The van der Waals surface area contributed by atoms with E-state index in [0.29, 0.717) is 29.4 Å². The van der Waals surface area contributed by atoms with Crippen LogP contribution in [0.5, 0.6) is 11.5 Å². The van der Waals surface area contributed by atoms with Gasteiger partial charge < -0.3 is 14.9 Å². The van der Waals surface area contributed by atoms with Crippen molar-refractivity contribution in [2.75, 3.05) is 26.2 Å². The number of aliphatic hydroxyl groups excluding tert-OH is 1. The fourth-order valence-corrected chi connectivity index (χ4v) is 8.10. The van der Waals surface area contributed by atoms with Crippen molar-refractivity contribution in [2.24, 2.45) is 17.3 Å². The molecule has 4 aliphatic rings. The number of rotatable bonds is 5. The molecule has 1 heterocycles. The van der Waals surface area contributed by atoms with Crippen molar-refractivity contribution in [3.8, 4) is 11.5 Å². The van der Waals surface area contributed by atoms with Crippen molar-refractivity contribution in [3.05, 3.63) is 59.2 Å². The smallest absolute Gasteiger partial charge is 0.119 e. The third-order valence-corrected chi connectivity index (χ3v) is 9.85. The minimum absolute atomic E-state index is 0.00877. The molecular formula is C30H39NO3. The van der Waals surface area contributed by atoms with Crippen LogP contribution in [0, 0.1) is 17.3 Å². The Hall–Kier alpha value is -2.04. The molecule has 0 amide bonds. The average molecular weight is 462 g/mol. The van der Waals surface area contributed by atoms with Gasteiger partial charge in [-0.2, -0.15) is 0 Å². The molecule has 3 fully saturated rings. The normalized spacial score (nSPS) is 34.9. The van der Waals surface area contributed by atoms with Crippen LogP contribution in [-0.4, -0.2) is 47.5 Å². The highest BCUT2D eigenvalue weighted by Gasteiger charge is 2.57. The van der Waals surface area contributed by atoms with E-state index >= 15 is 0 Å². The lowest BCUT2D eigenvalue weighted by molar-refractivity contribution is -0.0323. The van der Waals surface area contributed by atoms with Crippen LogP contribution in [0.1, 0.15) is 74.0 Å². The second-order valence-corrected chi connectivity index (χ2v) is 11.6. The van der Waals surface area contributed by atoms with Crippen LogP contribution in [-0.2, 0) is 6.42 Å². The van der Waals surface area contributed by atoms with E-state index in [-0.39, 0.29) is 11.5 Å². The molecule has 1 aliphatic heterocycles. The molecule has 0 bridgehead atoms. The van der Waals surface area contributed by atoms with Crippen LogP contribution in [0.2, 0.25) is 0 Å². The average Bonchev–Trinajstić information content (AvgIpc) is 3.46. The lowest BCUT2D eigenvalue weighted by Gasteiger charge is -2.54. The maximum Gasteiger partial charge on any atom is 0.119 e. The van der Waals surface area contributed by atoms with Crippen LogP contribution in [0.3, 0.4) is 0 Å². The lowest BCUT2D eigenvalue weighted by Crippen LogP contribution is -2.47. The van der Waals surface area contributed by atoms with Gasteiger partial charge in [-0.3, -0.25) is 4.90 Å². The van der Waals surface area contributed by atoms with E-state index in [9.17, 15) is 10.2 Å². The first kappa shape index (κ1) is 22.4. The third kappa shape index (κ3) is 3.83. The summed E-state index contributed by atoms with van der Waals surface area (Å²) in [6.45, 7) is 6.52. The van der Waals surface area contributed by atoms with Crippen molar-refractivity contribution in [2.45, 2.75) is 69.8 Å². The topological polar surface area (TPSA) is 52.9 Å². The molecule has 0 radical (unpaired) electrons. The molecule has 182 valence electrons. The van der Waals surface area contributed by atoms with Crippen LogP contribution in [0.4, 0.5) is 0 Å². The molecule has 34 heavy (non-hydrogen) atoms. The molecule has 0 aromatic heterocycles. The van der Waals surface area contributed by atoms with Crippen LogP contribution >= 0.6 is 0 Å². The molecule has 4 heteroatoms. The highest BCUT2D eigenvalue weighted by Crippen LogP contribution is 2.65. The summed E-state index contributed by atoms with van der Waals surface area (Å²) in [6.07, 6.45) is 7.72. The zero-order valence-electron chi connectivity index (χ0n) is 20.5. The van der Waals surface area contributed by atoms with Crippen LogP contribution in [0.15, 0.2) is 42.5 Å². The summed E-state index contributed by atoms with van der Waals surface area (Å²) >= 11 is 0. The Labute approximate surface area is 203 Å². The van der Waals surface area contributed by atoms with Gasteiger partial charge in [-0.05, 0) is 128 Å². The number of benzene rings is 2. The molecule has 1 saturated heterocycles. The van der Waals surface area contributed by atoms with Gasteiger partial charge >= 0.3 is 0 Å². The molecule has 4 nitrogen and oxygen atoms in total. The number of ether oxygens (including phenoxy) is 1. The van der Waals surface area contributed by atoms with Crippen molar-refractivity contribution in [3.63, 3.8) is 0 Å². The number of hydrogen-bond acceptors (Lipinski definition) is 4. The van der Waals surface area contributed by atoms with Crippen molar-refractivity contribution < 1.29 is 14.9 Å². The van der Waals surface area contributed by atoms with E-state index in [1.807, 2.05) is 12.1 Å². The van der Waals surface area contributed by atoms with Gasteiger partial charge in [-0.25, -0.2) is 0 Å². The Bertz CT molecular complexity index is 1010. The summed E-state index contributed by atoms with van der Waals surface area (Å²) < 4.78 is 6.08. The molecule has 6 rings (SSSR count). The number of aryl methyl sites for hydroxylation is 1. The number of phenolic OH excluding ortho intramolecular Hbond substituents is 1. The van der Waals surface area contributed by atoms with Gasteiger partial charge in [0, 0.05) is 6.54 Å². The summed E-state index contributed by atoms with van der Waals surface area (Å²) in [5.41, 5.74) is 4.09. The molecule has 2 aromatic carbocycles. The van der Waals surface area contributed by atoms with Crippen LogP contribution < -0.4 is 4.74 Å². The minimum Gasteiger partial charge on any atom is -0.508 e. The Morgan fingerprint density at radius 3 is 2.62 bits per heavy atom. The molecule has 3 aliphatic carbocycles. The molecule has 6 atom stereocenters. The van der Waals surface area contributed by atoms with Gasteiger partial charge in [0.2, 0.25) is 0 Å². The first-order valence-electron chi connectivity index (χ1n) is 13.5. The predicted molar refractivity (Wildman–Crippen MR) is 134 cm³/mol. The summed E-state index contributed by atoms with van der Waals surface area (Å²) in [6, 6.07) is 14.9. The maximum absolute atomic E-state index is 11.0. The molecule has 0 spiro atoms. The summed E-state index contributed by atoms with van der Waals surface area (Å²) in [5.74, 6) is 3.33. The number of hydrogen-bond donors (Lipinski definition) is 2. The number of fused-ring (bicyclic) bond motifs is 5. The van der Waals surface area contributed by atoms with E-state index in [0.717, 1.165) is 51.0 Å². The fraction of sp³-hybridized carbons (Fsp3) is 0.600. The molecule has 0 unspecified atom stereocenters. The Morgan fingerprint density at radius 2 is 1.82 bits per heavy atom. The Kier molecular flexibility index (Phi) is 5.85. The van der Waals surface area contributed by atoms with Gasteiger partial charge in [0.05, 0.1) is 6.10 Å². The van der Waals surface area contributed by atoms with E-state index in [2.05, 4.69) is 42.2 Å². The number of likely N-dealkylation sites (tertiary alicyclic amines) is 1. The summed E-state index contributed by atoms with van der Waals surface area (Å²) in [4.78, 5) is 2.48. The number of aliphatic hydroxyl groups is 1. The number of phenols is 1. The molecule has 2 N–H and O–H groups in total. The van der Waals surface area contributed by atoms with Gasteiger partial charge in [0.25, 0.3) is 0 Å². The second kappa shape index (κ2) is 8.87. The second-order valence-electron chi connectivity index (χ2n) is 11.6. The van der Waals surface area contributed by atoms with E-state index in [4.69, 9.17) is 4.74 Å². The molecule has 2 saturated carbocycles. The highest BCUT2D eigenvalue weighted by molar-refractivity contribution is 5.43. The van der Waals surface area contributed by atoms with E-state index in [1.165, 1.54) is 42.6 Å². The quantitative estimate of drug-likeness (QED) is 0.619. The molecular weight excluding hydrogens is 422 g/mol. The highest BCUT2D eigenvalue weighted by atomic mass is 16.5. The van der Waals surface area contributed by atoms with E-state index in [1.54, 1.807) is 0 Å². The zero-order chi connectivity index (χ0) is 23.3. The first-order valence-corrected chi connectivity index (χ1v) is 13.5. The summed E-state index contributed by atoms with van der Waals surface area (Å²) in [7, 11) is 0. The van der Waals surface area contributed by atoms with Crippen molar-refractivity contribution in [1.82, 2.24) is 4.90 Å². The van der Waals surface area contributed by atoms with Crippen LogP contribution in [0.25, 0.3) is 0 Å². The number of aromatic hydroxyl groups is 1. The van der Waals surface area contributed by atoms with Crippen molar-refractivity contribution in [1.29, 1.82) is 0 Å². The van der Waals surface area contributed by atoms with Gasteiger partial charge in [-0.15, -0.1) is 0 Å². The molecule has 2 aromatic rings. The summed E-state index contributed by atoms with van der Waals surface area (Å²) in [5, 5.41) is 21.2. The SMILES string of the molecule is C[C@]12C[C@H](c3ccc(OCCN4CCCC4)cc3)[C@@H]3c4ccc(O)cc4CC[C@H]3[C@@H]1CC[C@@H]2O. The first-order chi connectivity index (χ1) is 16.5. The van der Waals surface area contributed by atoms with Crippen molar-refractivity contribution >= 4 is 0 Å². The minimum atomic E-state index is -0.199. The van der Waals surface area contributed by atoms with Gasteiger partial charge in [-0.1, -0.05) is 25.1 Å². The predicted octanol–water partition coefficient (Wildman–Crippen LogP) is 5.48. The monoisotopic (exact) mass is 461 g/mol. The zero-order valence-corrected chi connectivity index (χ0v) is 20.5. The standard InChI is InChI=1S/C30H39NO3/c1-30-19-26(20-4-8-23(9-5-20)34-17-16-31-14-2-3-15-31)29-24-11-7-22(32)18-21(24)6-10-25(29)27(30)12-13-28(30)33/h4-5,7-9,11,18,25-29,32-33H,2-3,6,10,12-17,19H2,1H3/t25-,26+,27-,28-,29+,30-/m0/s1. The number of nitrogens with zero attached hydrogens (tertiary/aromatic N) is 1. The fourth-order valence-electron chi connectivity index (χ4n) is 8.10. The van der Waals surface area contributed by atoms with Gasteiger partial charge in [0.15, 0.2) is 0 Å². The Balaban J connectivity index is 1.27. The van der Waals surface area contributed by atoms with E-state index < -0.39 is 0 Å². The lowest BCUT2D eigenvalue weighted by atomic mass is 9.51. The maximum atomic E-state index is 11.0.